The second-order valence-electron chi connectivity index (χ2n) is 7.53. The first-order chi connectivity index (χ1) is 14.6. The van der Waals surface area contributed by atoms with Gasteiger partial charge < -0.3 is 14.6 Å². The molecule has 0 aliphatic carbocycles. The van der Waals surface area contributed by atoms with Gasteiger partial charge in [-0.2, -0.15) is 0 Å². The van der Waals surface area contributed by atoms with Gasteiger partial charge in [-0.1, -0.05) is 25.1 Å². The van der Waals surface area contributed by atoms with Crippen molar-refractivity contribution in [2.24, 2.45) is 0 Å². The summed E-state index contributed by atoms with van der Waals surface area (Å²) in [6.45, 7) is 4.80. The molecule has 0 saturated heterocycles. The maximum absolute atomic E-state index is 5.50. The Morgan fingerprint density at radius 1 is 1.03 bits per heavy atom. The number of methoxy groups -OCH3 is 1. The Balaban J connectivity index is 1.46. The topological polar surface area (TPSA) is 86.0 Å². The lowest BCUT2D eigenvalue weighted by atomic mass is 10.0. The minimum Gasteiger partial charge on any atom is -0.481 e. The molecule has 0 atom stereocenters. The number of hydrogen-bond acceptors (Lipinski definition) is 7. The Morgan fingerprint density at radius 2 is 1.90 bits per heavy atom. The van der Waals surface area contributed by atoms with Crippen LogP contribution in [0.5, 0.6) is 5.88 Å². The van der Waals surface area contributed by atoms with Crippen LogP contribution in [0.3, 0.4) is 0 Å². The van der Waals surface area contributed by atoms with Crippen molar-refractivity contribution in [1.29, 1.82) is 0 Å². The zero-order valence-corrected chi connectivity index (χ0v) is 17.0. The van der Waals surface area contributed by atoms with Crippen molar-refractivity contribution in [3.8, 4) is 5.88 Å². The van der Waals surface area contributed by atoms with Crippen molar-refractivity contribution in [3.05, 3.63) is 59.9 Å². The minimum absolute atomic E-state index is 0.244. The lowest BCUT2D eigenvalue weighted by molar-refractivity contribution is 0.399. The van der Waals surface area contributed by atoms with Crippen LogP contribution in [0, 0.1) is 0 Å². The maximum Gasteiger partial charge on any atom is 0.223 e. The minimum atomic E-state index is 0.244. The first kappa shape index (κ1) is 18.3. The molecule has 7 heteroatoms. The second-order valence-corrected chi connectivity index (χ2v) is 7.53. The van der Waals surface area contributed by atoms with Gasteiger partial charge in [0.25, 0.3) is 0 Å². The molecule has 5 aromatic rings. The van der Waals surface area contributed by atoms with Crippen LogP contribution in [0.2, 0.25) is 0 Å². The number of rotatable bonds is 5. The summed E-state index contributed by atoms with van der Waals surface area (Å²) in [5.41, 5.74) is 4.52. The van der Waals surface area contributed by atoms with Gasteiger partial charge in [-0.15, -0.1) is 0 Å². The van der Waals surface area contributed by atoms with Crippen molar-refractivity contribution in [2.45, 2.75) is 26.3 Å². The van der Waals surface area contributed by atoms with E-state index in [2.05, 4.69) is 40.4 Å². The monoisotopic (exact) mass is 399 g/mol. The number of nitrogens with zero attached hydrogens (tertiary/aromatic N) is 4. The molecule has 0 aliphatic heterocycles. The summed E-state index contributed by atoms with van der Waals surface area (Å²) in [6, 6.07) is 13.9. The molecule has 1 N–H and O–H groups in total. The van der Waals surface area contributed by atoms with Crippen LogP contribution in [0.1, 0.15) is 31.0 Å². The molecule has 3 aromatic heterocycles. The Kier molecular flexibility index (Phi) is 4.43. The predicted octanol–water partition coefficient (Wildman–Crippen LogP) is 5.06. The number of nitrogens with one attached hydrogen (secondary N) is 1. The van der Waals surface area contributed by atoms with Crippen molar-refractivity contribution in [2.75, 3.05) is 12.4 Å². The van der Waals surface area contributed by atoms with Gasteiger partial charge in [0.15, 0.2) is 5.58 Å². The molecule has 5 rings (SSSR count). The van der Waals surface area contributed by atoms with Crippen LogP contribution in [0.4, 0.5) is 5.95 Å². The van der Waals surface area contributed by atoms with Crippen LogP contribution in [-0.2, 0) is 6.54 Å². The van der Waals surface area contributed by atoms with Crippen LogP contribution < -0.4 is 10.1 Å². The molecular formula is C23H21N5O2. The van der Waals surface area contributed by atoms with E-state index in [4.69, 9.17) is 14.2 Å². The average molecular weight is 399 g/mol. The number of pyridine rings is 1. The normalized spacial score (nSPS) is 11.6. The smallest absolute Gasteiger partial charge is 0.223 e. The van der Waals surface area contributed by atoms with Gasteiger partial charge in [0.1, 0.15) is 0 Å². The summed E-state index contributed by atoms with van der Waals surface area (Å²) in [6.07, 6.45) is 1.83. The zero-order chi connectivity index (χ0) is 20.7. The van der Waals surface area contributed by atoms with Gasteiger partial charge >= 0.3 is 0 Å². The molecule has 0 saturated carbocycles. The highest BCUT2D eigenvalue weighted by molar-refractivity contribution is 6.04. The number of aromatic nitrogens is 4. The van der Waals surface area contributed by atoms with E-state index >= 15 is 0 Å². The fourth-order valence-corrected chi connectivity index (χ4v) is 3.59. The van der Waals surface area contributed by atoms with E-state index in [1.54, 1.807) is 7.11 Å². The summed E-state index contributed by atoms with van der Waals surface area (Å²) < 4.78 is 10.7. The van der Waals surface area contributed by atoms with Gasteiger partial charge in [0.2, 0.25) is 11.8 Å². The van der Waals surface area contributed by atoms with Crippen molar-refractivity contribution in [3.63, 3.8) is 0 Å². The highest BCUT2D eigenvalue weighted by Gasteiger charge is 2.16. The van der Waals surface area contributed by atoms with E-state index in [0.29, 0.717) is 18.4 Å². The third-order valence-corrected chi connectivity index (χ3v) is 5.15. The van der Waals surface area contributed by atoms with Gasteiger partial charge in [-0.25, -0.2) is 15.0 Å². The largest absolute Gasteiger partial charge is 0.481 e. The van der Waals surface area contributed by atoms with E-state index in [9.17, 15) is 0 Å². The molecule has 0 aliphatic rings. The number of fused-ring (bicyclic) bond motifs is 4. The Hall–Kier alpha value is -3.74. The molecule has 3 heterocycles. The van der Waals surface area contributed by atoms with Crippen LogP contribution in [0.15, 0.2) is 53.2 Å². The van der Waals surface area contributed by atoms with E-state index in [1.165, 1.54) is 0 Å². The highest BCUT2D eigenvalue weighted by atomic mass is 16.5. The molecule has 150 valence electrons. The number of benzene rings is 2. The molecule has 7 nitrogen and oxygen atoms in total. The molecule has 0 amide bonds. The van der Waals surface area contributed by atoms with Gasteiger partial charge in [-0.3, -0.25) is 0 Å². The maximum atomic E-state index is 5.50. The van der Waals surface area contributed by atoms with E-state index in [-0.39, 0.29) is 5.92 Å². The third kappa shape index (κ3) is 3.18. The zero-order valence-electron chi connectivity index (χ0n) is 17.0. The first-order valence-electron chi connectivity index (χ1n) is 9.85. The third-order valence-electron chi connectivity index (χ3n) is 5.15. The molecule has 30 heavy (non-hydrogen) atoms. The fraction of sp³-hybridized carbons (Fsp3) is 0.217. The summed E-state index contributed by atoms with van der Waals surface area (Å²) in [5.74, 6) is 1.42. The van der Waals surface area contributed by atoms with Crippen molar-refractivity contribution >= 4 is 38.7 Å². The van der Waals surface area contributed by atoms with Crippen LogP contribution >= 0.6 is 0 Å². The number of hydrogen-bond donors (Lipinski definition) is 1. The number of ether oxygens (including phenoxy) is 1. The average Bonchev–Trinajstić information content (AvgIpc) is 3.22. The molecule has 0 bridgehead atoms. The van der Waals surface area contributed by atoms with Crippen LogP contribution in [0.25, 0.3) is 32.8 Å². The second kappa shape index (κ2) is 7.26. The first-order valence-corrected chi connectivity index (χ1v) is 9.85. The fourth-order valence-electron chi connectivity index (χ4n) is 3.59. The SMILES string of the molecule is COc1ccc2cc(CNc3ncc4ccc5onc(C(C)C)c5c4n3)ccc2n1. The molecule has 2 aromatic carbocycles. The molecule has 0 spiro atoms. The van der Waals surface area contributed by atoms with Gasteiger partial charge in [-0.05, 0) is 41.8 Å². The quantitative estimate of drug-likeness (QED) is 0.442. The highest BCUT2D eigenvalue weighted by Crippen LogP contribution is 2.31. The standard InChI is InChI=1S/C23H21N5O2/c1-13(2)21-20-18(30-28-21)8-5-16-12-25-23(27-22(16)20)24-11-14-4-7-17-15(10-14)6-9-19(26-17)29-3/h4-10,12-13H,11H2,1-3H3,(H,24,25,27). The molecule has 0 fully saturated rings. The Bertz CT molecular complexity index is 1380. The molecule has 0 radical (unpaired) electrons. The summed E-state index contributed by atoms with van der Waals surface area (Å²) >= 11 is 0. The summed E-state index contributed by atoms with van der Waals surface area (Å²) in [5, 5.41) is 10.5. The van der Waals surface area contributed by atoms with E-state index in [1.807, 2.05) is 42.6 Å². The summed E-state index contributed by atoms with van der Waals surface area (Å²) in [4.78, 5) is 13.7. The molecule has 0 unspecified atom stereocenters. The van der Waals surface area contributed by atoms with Crippen molar-refractivity contribution in [1.82, 2.24) is 20.1 Å². The predicted molar refractivity (Wildman–Crippen MR) is 117 cm³/mol. The molecular weight excluding hydrogens is 378 g/mol. The van der Waals surface area contributed by atoms with Crippen molar-refractivity contribution < 1.29 is 9.26 Å². The lowest BCUT2D eigenvalue weighted by Crippen LogP contribution is -2.04. The number of anilines is 1. The van der Waals surface area contributed by atoms with Crippen LogP contribution in [-0.4, -0.2) is 27.2 Å². The van der Waals surface area contributed by atoms with Gasteiger partial charge in [0, 0.05) is 29.6 Å². The van der Waals surface area contributed by atoms with E-state index < -0.39 is 0 Å². The van der Waals surface area contributed by atoms with E-state index in [0.717, 1.165) is 44.0 Å². The Labute approximate surface area is 173 Å². The summed E-state index contributed by atoms with van der Waals surface area (Å²) in [7, 11) is 1.62. The Morgan fingerprint density at radius 3 is 2.73 bits per heavy atom. The lowest BCUT2D eigenvalue weighted by Gasteiger charge is -2.08. The van der Waals surface area contributed by atoms with Gasteiger partial charge in [0.05, 0.1) is 29.2 Å².